The number of piperidine rings is 1. The van der Waals surface area contributed by atoms with E-state index in [1.165, 1.54) is 0 Å². The molecule has 0 spiro atoms. The van der Waals surface area contributed by atoms with Crippen LogP contribution in [0.25, 0.3) is 0 Å². The van der Waals surface area contributed by atoms with Crippen LogP contribution in [0.15, 0.2) is 0 Å². The Morgan fingerprint density at radius 3 is 2.38 bits per heavy atom. The van der Waals surface area contributed by atoms with Crippen molar-refractivity contribution < 1.29 is 23.9 Å². The molecule has 1 saturated carbocycles. The van der Waals surface area contributed by atoms with Gasteiger partial charge in [0.25, 0.3) is 0 Å². The van der Waals surface area contributed by atoms with E-state index < -0.39 is 12.1 Å². The zero-order chi connectivity index (χ0) is 22.5. The molecule has 3 heterocycles. The largest absolute Gasteiger partial charge is 0.378 e. The molecular formula is C22H35N5O5. The SMILES string of the molecule is O=C1NCCCC1NC(=O)C1CN(C(=O)N2CCOCC2)CCN1C(=O)C1CCCCC1. The highest BCUT2D eigenvalue weighted by molar-refractivity contribution is 5.93. The van der Waals surface area contributed by atoms with Gasteiger partial charge in [-0.2, -0.15) is 0 Å². The number of nitrogens with one attached hydrogen (secondary N) is 2. The number of ether oxygens (including phenoxy) is 1. The second kappa shape index (κ2) is 10.5. The fourth-order valence-electron chi connectivity index (χ4n) is 5.16. The Balaban J connectivity index is 1.47. The first-order chi connectivity index (χ1) is 15.5. The molecule has 10 nitrogen and oxygen atoms in total. The summed E-state index contributed by atoms with van der Waals surface area (Å²) in [5, 5.41) is 5.63. The fraction of sp³-hybridized carbons (Fsp3) is 0.818. The normalized spacial score (nSPS) is 27.6. The third kappa shape index (κ3) is 5.16. The molecule has 2 unspecified atom stereocenters. The molecule has 0 aromatic rings. The molecule has 4 rings (SSSR count). The Morgan fingerprint density at radius 2 is 1.66 bits per heavy atom. The summed E-state index contributed by atoms with van der Waals surface area (Å²) in [7, 11) is 0. The monoisotopic (exact) mass is 449 g/mol. The van der Waals surface area contributed by atoms with Gasteiger partial charge in [-0.1, -0.05) is 19.3 Å². The quantitative estimate of drug-likeness (QED) is 0.626. The molecule has 3 aliphatic heterocycles. The summed E-state index contributed by atoms with van der Waals surface area (Å²) in [4.78, 5) is 56.9. The van der Waals surface area contributed by atoms with Crippen molar-refractivity contribution in [1.29, 1.82) is 0 Å². The van der Waals surface area contributed by atoms with E-state index in [1.807, 2.05) is 0 Å². The molecule has 4 fully saturated rings. The van der Waals surface area contributed by atoms with Crippen molar-refractivity contribution in [2.24, 2.45) is 5.92 Å². The van der Waals surface area contributed by atoms with Crippen LogP contribution in [0.2, 0.25) is 0 Å². The molecule has 1 aliphatic carbocycles. The van der Waals surface area contributed by atoms with Crippen LogP contribution in [-0.4, -0.2) is 103 Å². The number of amides is 5. The van der Waals surface area contributed by atoms with E-state index in [-0.39, 0.29) is 36.2 Å². The number of nitrogens with zero attached hydrogens (tertiary/aromatic N) is 3. The second-order valence-corrected chi connectivity index (χ2v) is 9.20. The van der Waals surface area contributed by atoms with Crippen LogP contribution >= 0.6 is 0 Å². The second-order valence-electron chi connectivity index (χ2n) is 9.20. The van der Waals surface area contributed by atoms with Crippen molar-refractivity contribution >= 4 is 23.8 Å². The van der Waals surface area contributed by atoms with Crippen LogP contribution in [0, 0.1) is 5.92 Å². The third-order valence-electron chi connectivity index (χ3n) is 7.07. The van der Waals surface area contributed by atoms with Gasteiger partial charge in [0.05, 0.1) is 19.8 Å². The number of urea groups is 1. The van der Waals surface area contributed by atoms with E-state index in [9.17, 15) is 19.2 Å². The number of carbonyl (C=O) groups is 4. The molecule has 0 aromatic carbocycles. The highest BCUT2D eigenvalue weighted by Gasteiger charge is 2.41. The van der Waals surface area contributed by atoms with Crippen LogP contribution in [0.3, 0.4) is 0 Å². The van der Waals surface area contributed by atoms with E-state index in [1.54, 1.807) is 14.7 Å². The van der Waals surface area contributed by atoms with Gasteiger partial charge in [0, 0.05) is 38.6 Å². The first kappa shape index (κ1) is 22.8. The van der Waals surface area contributed by atoms with Crippen LogP contribution in [0.4, 0.5) is 4.79 Å². The molecule has 0 aromatic heterocycles. The molecule has 2 N–H and O–H groups in total. The minimum atomic E-state index is -0.780. The van der Waals surface area contributed by atoms with E-state index >= 15 is 0 Å². The molecule has 0 radical (unpaired) electrons. The molecule has 10 heteroatoms. The predicted molar refractivity (Wildman–Crippen MR) is 116 cm³/mol. The van der Waals surface area contributed by atoms with Crippen LogP contribution in [0.5, 0.6) is 0 Å². The molecule has 4 aliphatic rings. The lowest BCUT2D eigenvalue weighted by Crippen LogP contribution is -2.65. The summed E-state index contributed by atoms with van der Waals surface area (Å²) < 4.78 is 5.34. The average Bonchev–Trinajstić information content (AvgIpc) is 2.85. The van der Waals surface area contributed by atoms with Crippen molar-refractivity contribution in [1.82, 2.24) is 25.3 Å². The molecule has 32 heavy (non-hydrogen) atoms. The third-order valence-corrected chi connectivity index (χ3v) is 7.07. The lowest BCUT2D eigenvalue weighted by atomic mass is 9.87. The van der Waals surface area contributed by atoms with E-state index in [0.29, 0.717) is 52.4 Å². The molecule has 0 bridgehead atoms. The first-order valence-corrected chi connectivity index (χ1v) is 12.0. The van der Waals surface area contributed by atoms with Gasteiger partial charge in [-0.05, 0) is 25.7 Å². The van der Waals surface area contributed by atoms with Gasteiger partial charge in [0.1, 0.15) is 12.1 Å². The number of morpholine rings is 1. The Kier molecular flexibility index (Phi) is 7.49. The average molecular weight is 450 g/mol. The molecular weight excluding hydrogens is 414 g/mol. The minimum Gasteiger partial charge on any atom is -0.378 e. The first-order valence-electron chi connectivity index (χ1n) is 12.0. The molecule has 5 amide bonds. The zero-order valence-corrected chi connectivity index (χ0v) is 18.7. The van der Waals surface area contributed by atoms with Crippen molar-refractivity contribution in [2.45, 2.75) is 57.0 Å². The Labute approximate surface area is 189 Å². The highest BCUT2D eigenvalue weighted by atomic mass is 16.5. The van der Waals surface area contributed by atoms with Crippen LogP contribution in [-0.2, 0) is 19.1 Å². The predicted octanol–water partition coefficient (Wildman–Crippen LogP) is -0.0735. The lowest BCUT2D eigenvalue weighted by molar-refractivity contribution is -0.148. The highest BCUT2D eigenvalue weighted by Crippen LogP contribution is 2.27. The van der Waals surface area contributed by atoms with Gasteiger partial charge in [-0.3, -0.25) is 14.4 Å². The van der Waals surface area contributed by atoms with E-state index in [2.05, 4.69) is 10.6 Å². The van der Waals surface area contributed by atoms with Gasteiger partial charge < -0.3 is 30.1 Å². The number of piperazine rings is 1. The summed E-state index contributed by atoms with van der Waals surface area (Å²) in [6, 6.07) is -1.49. The topological polar surface area (TPSA) is 111 Å². The smallest absolute Gasteiger partial charge is 0.320 e. The van der Waals surface area contributed by atoms with Crippen molar-refractivity contribution in [3.05, 3.63) is 0 Å². The van der Waals surface area contributed by atoms with Gasteiger partial charge in [0.15, 0.2) is 0 Å². The summed E-state index contributed by atoms with van der Waals surface area (Å²) in [6.45, 7) is 3.57. The van der Waals surface area contributed by atoms with Gasteiger partial charge in [-0.15, -0.1) is 0 Å². The Hall–Kier alpha value is -2.36. The minimum absolute atomic E-state index is 0.0106. The number of hydrogen-bond donors (Lipinski definition) is 2. The fourth-order valence-corrected chi connectivity index (χ4v) is 5.16. The number of hydrogen-bond acceptors (Lipinski definition) is 5. The standard InChI is InChI=1S/C22H35N5O5/c28-19-17(7-4-8-23-19)24-20(29)18-15-26(22(31)25-11-13-32-14-12-25)9-10-27(18)21(30)16-5-2-1-3-6-16/h16-18H,1-15H2,(H,23,28)(H,24,29). The van der Waals surface area contributed by atoms with E-state index in [4.69, 9.17) is 4.74 Å². The van der Waals surface area contributed by atoms with E-state index in [0.717, 1.165) is 38.5 Å². The van der Waals surface area contributed by atoms with Crippen molar-refractivity contribution in [3.63, 3.8) is 0 Å². The van der Waals surface area contributed by atoms with Crippen molar-refractivity contribution in [3.8, 4) is 0 Å². The maximum Gasteiger partial charge on any atom is 0.320 e. The summed E-state index contributed by atoms with van der Waals surface area (Å²) in [6.07, 6.45) is 6.30. The van der Waals surface area contributed by atoms with Crippen LogP contribution in [0.1, 0.15) is 44.9 Å². The lowest BCUT2D eigenvalue weighted by Gasteiger charge is -2.44. The van der Waals surface area contributed by atoms with Gasteiger partial charge in [-0.25, -0.2) is 4.79 Å². The van der Waals surface area contributed by atoms with Crippen LogP contribution < -0.4 is 10.6 Å². The number of carbonyl (C=O) groups excluding carboxylic acids is 4. The summed E-state index contributed by atoms with van der Waals surface area (Å²) >= 11 is 0. The maximum absolute atomic E-state index is 13.3. The van der Waals surface area contributed by atoms with Gasteiger partial charge in [0.2, 0.25) is 17.7 Å². The summed E-state index contributed by atoms with van der Waals surface area (Å²) in [5.41, 5.74) is 0. The molecule has 2 atom stereocenters. The molecule has 178 valence electrons. The Bertz CT molecular complexity index is 720. The Morgan fingerprint density at radius 1 is 0.906 bits per heavy atom. The van der Waals surface area contributed by atoms with Crippen molar-refractivity contribution in [2.75, 3.05) is 52.5 Å². The van der Waals surface area contributed by atoms with Gasteiger partial charge >= 0.3 is 6.03 Å². The zero-order valence-electron chi connectivity index (χ0n) is 18.7. The molecule has 3 saturated heterocycles. The number of rotatable bonds is 3. The summed E-state index contributed by atoms with van der Waals surface area (Å²) in [5.74, 6) is -0.586. The maximum atomic E-state index is 13.3.